The van der Waals surface area contributed by atoms with E-state index in [1.807, 2.05) is 0 Å². The number of aliphatic hydroxyl groups excluding tert-OH is 2. The Morgan fingerprint density at radius 2 is 2.48 bits per heavy atom. The molecule has 2 rings (SSSR count). The zero-order valence-corrected chi connectivity index (χ0v) is 11.7. The van der Waals surface area contributed by atoms with Crippen molar-refractivity contribution >= 4 is 5.82 Å². The second-order valence-corrected chi connectivity index (χ2v) is 4.78. The Morgan fingerprint density at radius 3 is 3.00 bits per heavy atom. The van der Waals surface area contributed by atoms with E-state index < -0.39 is 30.2 Å². The van der Waals surface area contributed by atoms with Gasteiger partial charge in [-0.2, -0.15) is 4.98 Å². The van der Waals surface area contributed by atoms with Gasteiger partial charge >= 0.3 is 5.69 Å². The standard InChI is InChI=1S/C13H19N3O5/c1-3-9(20-2)7-5-16(13(19)15-12(7)14)11-4-8(18)10(6-17)21-11/h3,5,8-11,17-18H,1,4,6H2,2H3,(H2,14,15,19)/t8-,9?,10+,11+/m0/s1. The predicted octanol–water partition coefficient (Wildman–Crippen LogP) is -0.660. The van der Waals surface area contributed by atoms with E-state index in [1.165, 1.54) is 23.9 Å². The first kappa shape index (κ1) is 15.6. The summed E-state index contributed by atoms with van der Waals surface area (Å²) in [6.45, 7) is 3.31. The molecule has 8 nitrogen and oxygen atoms in total. The fraction of sp³-hybridized carbons (Fsp3) is 0.538. The van der Waals surface area contributed by atoms with Crippen LogP contribution in [0.25, 0.3) is 0 Å². The molecule has 0 bridgehead atoms. The molecule has 0 radical (unpaired) electrons. The summed E-state index contributed by atoms with van der Waals surface area (Å²) in [5.74, 6) is 0.0558. The van der Waals surface area contributed by atoms with Crippen molar-refractivity contribution in [2.75, 3.05) is 19.5 Å². The number of anilines is 1. The molecule has 1 saturated heterocycles. The quantitative estimate of drug-likeness (QED) is 0.617. The van der Waals surface area contributed by atoms with Gasteiger partial charge in [0, 0.05) is 25.3 Å². The van der Waals surface area contributed by atoms with E-state index in [1.54, 1.807) is 0 Å². The fourth-order valence-corrected chi connectivity index (χ4v) is 2.32. The Bertz CT molecular complexity index is 573. The van der Waals surface area contributed by atoms with Gasteiger partial charge in [-0.1, -0.05) is 6.08 Å². The Balaban J connectivity index is 2.39. The zero-order valence-electron chi connectivity index (χ0n) is 11.7. The number of rotatable bonds is 5. The van der Waals surface area contributed by atoms with Crippen LogP contribution in [0.15, 0.2) is 23.6 Å². The lowest BCUT2D eigenvalue weighted by Gasteiger charge is -2.18. The molecule has 1 aromatic rings. The van der Waals surface area contributed by atoms with Crippen molar-refractivity contribution in [2.24, 2.45) is 0 Å². The first-order valence-corrected chi connectivity index (χ1v) is 6.50. The Kier molecular flexibility index (Phi) is 4.73. The molecule has 8 heteroatoms. The lowest BCUT2D eigenvalue weighted by molar-refractivity contribution is -0.0460. The van der Waals surface area contributed by atoms with Gasteiger partial charge in [0.05, 0.1) is 12.7 Å². The summed E-state index contributed by atoms with van der Waals surface area (Å²) in [5.41, 5.74) is 5.63. The average molecular weight is 297 g/mol. The van der Waals surface area contributed by atoms with E-state index >= 15 is 0 Å². The molecule has 0 aliphatic carbocycles. The van der Waals surface area contributed by atoms with E-state index in [0.29, 0.717) is 5.56 Å². The lowest BCUT2D eigenvalue weighted by Crippen LogP contribution is -2.29. The maximum atomic E-state index is 12.0. The Labute approximate surface area is 121 Å². The molecule has 0 spiro atoms. The molecule has 1 fully saturated rings. The van der Waals surface area contributed by atoms with Crippen molar-refractivity contribution in [1.29, 1.82) is 0 Å². The zero-order chi connectivity index (χ0) is 15.6. The maximum absolute atomic E-state index is 12.0. The highest BCUT2D eigenvalue weighted by Gasteiger charge is 2.35. The fourth-order valence-electron chi connectivity index (χ4n) is 2.32. The molecule has 1 aliphatic heterocycles. The number of nitrogens with zero attached hydrogens (tertiary/aromatic N) is 2. The second-order valence-electron chi connectivity index (χ2n) is 4.78. The topological polar surface area (TPSA) is 120 Å². The Hall–Kier alpha value is -1.74. The molecule has 116 valence electrons. The van der Waals surface area contributed by atoms with Crippen LogP contribution in [0.3, 0.4) is 0 Å². The van der Waals surface area contributed by atoms with E-state index in [0.717, 1.165) is 0 Å². The van der Waals surface area contributed by atoms with Gasteiger partial charge in [0.15, 0.2) is 0 Å². The number of ether oxygens (including phenoxy) is 2. The minimum Gasteiger partial charge on any atom is -0.394 e. The van der Waals surface area contributed by atoms with E-state index in [9.17, 15) is 9.90 Å². The molecule has 4 atom stereocenters. The molecule has 21 heavy (non-hydrogen) atoms. The van der Waals surface area contributed by atoms with Gasteiger partial charge in [-0.3, -0.25) is 4.57 Å². The third-order valence-electron chi connectivity index (χ3n) is 3.48. The van der Waals surface area contributed by atoms with Gasteiger partial charge in [0.25, 0.3) is 0 Å². The highest BCUT2D eigenvalue weighted by atomic mass is 16.5. The first-order valence-electron chi connectivity index (χ1n) is 6.50. The van der Waals surface area contributed by atoms with Crippen molar-refractivity contribution < 1.29 is 19.7 Å². The summed E-state index contributed by atoms with van der Waals surface area (Å²) in [5, 5.41) is 18.8. The van der Waals surface area contributed by atoms with Crippen molar-refractivity contribution in [3.8, 4) is 0 Å². The number of nitrogen functional groups attached to an aromatic ring is 1. The number of hydrogen-bond acceptors (Lipinski definition) is 7. The maximum Gasteiger partial charge on any atom is 0.351 e. The number of hydrogen-bond donors (Lipinski definition) is 3. The van der Waals surface area contributed by atoms with Crippen LogP contribution in [0, 0.1) is 0 Å². The van der Waals surface area contributed by atoms with Gasteiger partial charge in [0.2, 0.25) is 0 Å². The molecular weight excluding hydrogens is 278 g/mol. The minimum absolute atomic E-state index is 0.0558. The van der Waals surface area contributed by atoms with E-state index in [-0.39, 0.29) is 18.8 Å². The molecule has 4 N–H and O–H groups in total. The largest absolute Gasteiger partial charge is 0.394 e. The minimum atomic E-state index is -0.842. The third kappa shape index (κ3) is 2.98. The van der Waals surface area contributed by atoms with Crippen LogP contribution >= 0.6 is 0 Å². The molecule has 1 aliphatic rings. The van der Waals surface area contributed by atoms with Crippen LogP contribution in [-0.4, -0.2) is 45.7 Å². The van der Waals surface area contributed by atoms with Gasteiger partial charge in [-0.15, -0.1) is 6.58 Å². The van der Waals surface area contributed by atoms with Crippen LogP contribution in [0.2, 0.25) is 0 Å². The summed E-state index contributed by atoms with van der Waals surface area (Å²) in [6.07, 6.45) is 0.414. The molecule has 1 unspecified atom stereocenters. The Morgan fingerprint density at radius 1 is 1.76 bits per heavy atom. The predicted molar refractivity (Wildman–Crippen MR) is 74.5 cm³/mol. The molecular formula is C13H19N3O5. The lowest BCUT2D eigenvalue weighted by atomic mass is 10.1. The summed E-state index contributed by atoms with van der Waals surface area (Å²) in [7, 11) is 1.48. The second kappa shape index (κ2) is 6.35. The third-order valence-corrected chi connectivity index (χ3v) is 3.48. The molecule has 2 heterocycles. The van der Waals surface area contributed by atoms with Gasteiger partial charge in [0.1, 0.15) is 24.3 Å². The normalized spacial score (nSPS) is 26.7. The highest BCUT2D eigenvalue weighted by Crippen LogP contribution is 2.29. The van der Waals surface area contributed by atoms with Crippen molar-refractivity contribution in [3.05, 3.63) is 34.9 Å². The summed E-state index contributed by atoms with van der Waals surface area (Å²) in [6, 6.07) is 0. The summed E-state index contributed by atoms with van der Waals surface area (Å²) < 4.78 is 11.9. The van der Waals surface area contributed by atoms with Gasteiger partial charge < -0.3 is 25.4 Å². The number of methoxy groups -OCH3 is 1. The van der Waals surface area contributed by atoms with Crippen LogP contribution in [-0.2, 0) is 9.47 Å². The van der Waals surface area contributed by atoms with Crippen molar-refractivity contribution in [3.63, 3.8) is 0 Å². The number of nitrogens with two attached hydrogens (primary N) is 1. The average Bonchev–Trinajstić information content (AvgIpc) is 2.83. The SMILES string of the molecule is C=CC(OC)c1cn([C@H]2C[C@H](O)[C@@H](CO)O2)c(=O)nc1N. The smallest absolute Gasteiger partial charge is 0.351 e. The monoisotopic (exact) mass is 297 g/mol. The highest BCUT2D eigenvalue weighted by molar-refractivity contribution is 5.40. The number of aromatic nitrogens is 2. The van der Waals surface area contributed by atoms with Gasteiger partial charge in [-0.05, 0) is 0 Å². The van der Waals surface area contributed by atoms with Gasteiger partial charge in [-0.25, -0.2) is 4.79 Å². The van der Waals surface area contributed by atoms with Crippen molar-refractivity contribution in [2.45, 2.75) is 31.0 Å². The molecule has 1 aromatic heterocycles. The van der Waals surface area contributed by atoms with Crippen LogP contribution in [0.4, 0.5) is 5.82 Å². The first-order chi connectivity index (χ1) is 10.0. The van der Waals surface area contributed by atoms with Crippen molar-refractivity contribution in [1.82, 2.24) is 9.55 Å². The van der Waals surface area contributed by atoms with Crippen LogP contribution in [0.5, 0.6) is 0 Å². The summed E-state index contributed by atoms with van der Waals surface area (Å²) >= 11 is 0. The van der Waals surface area contributed by atoms with E-state index in [2.05, 4.69) is 11.6 Å². The molecule has 0 amide bonds. The van der Waals surface area contributed by atoms with Crippen LogP contribution in [0.1, 0.15) is 24.3 Å². The number of aliphatic hydroxyl groups is 2. The van der Waals surface area contributed by atoms with Crippen LogP contribution < -0.4 is 11.4 Å². The van der Waals surface area contributed by atoms with E-state index in [4.69, 9.17) is 20.3 Å². The summed E-state index contributed by atoms with van der Waals surface area (Å²) in [4.78, 5) is 15.7. The molecule has 0 saturated carbocycles. The molecule has 0 aromatic carbocycles.